The molecule has 0 unspecified atom stereocenters. The molecule has 1 rings (SSSR count). The number of aliphatic hydroxyl groups excluding tert-OH is 1. The second-order valence-electron chi connectivity index (χ2n) is 6.71. The van der Waals surface area contributed by atoms with Gasteiger partial charge in [-0.2, -0.15) is 0 Å². The summed E-state index contributed by atoms with van der Waals surface area (Å²) in [6.07, 6.45) is 9.13. The Morgan fingerprint density at radius 3 is 2.38 bits per heavy atom. The van der Waals surface area contributed by atoms with E-state index < -0.39 is 0 Å². The molecule has 0 aromatic heterocycles. The Morgan fingerprint density at radius 2 is 1.81 bits per heavy atom. The molecule has 0 aromatic carbocycles. The number of hydrogen-bond donors (Lipinski definition) is 1. The molecule has 0 saturated heterocycles. The van der Waals surface area contributed by atoms with Gasteiger partial charge >= 0.3 is 0 Å². The smallest absolute Gasteiger partial charge is 0.237 e. The molecule has 4 nitrogen and oxygen atoms in total. The number of amides is 1. The Morgan fingerprint density at radius 1 is 1.14 bits per heavy atom. The van der Waals surface area contributed by atoms with Gasteiger partial charge in [0, 0.05) is 18.7 Å². The summed E-state index contributed by atoms with van der Waals surface area (Å²) in [4.78, 5) is 16.9. The minimum absolute atomic E-state index is 0.269. The fourth-order valence-corrected chi connectivity index (χ4v) is 3.33. The van der Waals surface area contributed by atoms with Gasteiger partial charge in [-0.1, -0.05) is 19.3 Å². The van der Waals surface area contributed by atoms with Crippen LogP contribution in [0.2, 0.25) is 0 Å². The maximum absolute atomic E-state index is 12.6. The van der Waals surface area contributed by atoms with Crippen LogP contribution in [0.5, 0.6) is 0 Å². The Labute approximate surface area is 130 Å². The van der Waals surface area contributed by atoms with Crippen LogP contribution in [0.15, 0.2) is 0 Å². The molecule has 0 spiro atoms. The third kappa shape index (κ3) is 6.79. The van der Waals surface area contributed by atoms with Crippen LogP contribution in [-0.2, 0) is 4.79 Å². The number of unbranched alkanes of at least 4 members (excludes halogenated alkanes) is 2. The number of rotatable bonds is 9. The van der Waals surface area contributed by atoms with Gasteiger partial charge in [0.15, 0.2) is 0 Å². The highest BCUT2D eigenvalue weighted by Crippen LogP contribution is 2.24. The van der Waals surface area contributed by atoms with E-state index in [9.17, 15) is 4.79 Å². The summed E-state index contributed by atoms with van der Waals surface area (Å²) in [7, 11) is 2.02. The summed E-state index contributed by atoms with van der Waals surface area (Å²) >= 11 is 0. The highest BCUT2D eigenvalue weighted by Gasteiger charge is 2.27. The molecule has 1 saturated carbocycles. The van der Waals surface area contributed by atoms with Crippen LogP contribution in [0.4, 0.5) is 0 Å². The van der Waals surface area contributed by atoms with Gasteiger partial charge in [-0.25, -0.2) is 0 Å². The van der Waals surface area contributed by atoms with E-state index in [4.69, 9.17) is 5.11 Å². The maximum atomic E-state index is 12.6. The minimum atomic E-state index is 0.269. The van der Waals surface area contributed by atoms with Gasteiger partial charge in [0.2, 0.25) is 5.91 Å². The third-order valence-corrected chi connectivity index (χ3v) is 4.42. The van der Waals surface area contributed by atoms with Gasteiger partial charge in [0.1, 0.15) is 0 Å². The average molecular weight is 298 g/mol. The Bertz CT molecular complexity index is 289. The van der Waals surface area contributed by atoms with Crippen molar-refractivity contribution >= 4 is 5.91 Å². The van der Waals surface area contributed by atoms with Gasteiger partial charge in [-0.15, -0.1) is 0 Å². The van der Waals surface area contributed by atoms with Gasteiger partial charge in [0.05, 0.1) is 6.54 Å². The predicted molar refractivity (Wildman–Crippen MR) is 87.3 cm³/mol. The molecule has 1 N–H and O–H groups in total. The Kier molecular flexibility index (Phi) is 8.93. The molecule has 124 valence electrons. The minimum Gasteiger partial charge on any atom is -0.396 e. The van der Waals surface area contributed by atoms with Crippen molar-refractivity contribution in [3.05, 3.63) is 0 Å². The normalized spacial score (nSPS) is 16.7. The monoisotopic (exact) mass is 298 g/mol. The van der Waals surface area contributed by atoms with Crippen molar-refractivity contribution in [2.75, 3.05) is 26.7 Å². The molecule has 0 heterocycles. The first-order chi connectivity index (χ1) is 10.1. The molecule has 0 radical (unpaired) electrons. The van der Waals surface area contributed by atoms with Gasteiger partial charge in [0.25, 0.3) is 0 Å². The molecule has 1 aliphatic carbocycles. The zero-order chi connectivity index (χ0) is 15.7. The number of carbonyl (C=O) groups excluding carboxylic acids is 1. The molecular weight excluding hydrogens is 264 g/mol. The van der Waals surface area contributed by atoms with Gasteiger partial charge in [-0.3, -0.25) is 9.69 Å². The second-order valence-corrected chi connectivity index (χ2v) is 6.71. The molecular formula is C17H34N2O2. The number of carbonyl (C=O) groups is 1. The number of likely N-dealkylation sites (N-methyl/N-ethyl adjacent to an activating group) is 1. The van der Waals surface area contributed by atoms with Gasteiger partial charge < -0.3 is 10.0 Å². The fourth-order valence-electron chi connectivity index (χ4n) is 3.33. The first kappa shape index (κ1) is 18.4. The molecule has 21 heavy (non-hydrogen) atoms. The average Bonchev–Trinajstić information content (AvgIpc) is 2.44. The first-order valence-electron chi connectivity index (χ1n) is 8.66. The number of nitrogens with zero attached hydrogens (tertiary/aromatic N) is 2. The molecule has 0 atom stereocenters. The van der Waals surface area contributed by atoms with E-state index in [1.807, 2.05) is 7.05 Å². The van der Waals surface area contributed by atoms with Crippen LogP contribution in [0.25, 0.3) is 0 Å². The van der Waals surface area contributed by atoms with Crippen molar-refractivity contribution in [2.24, 2.45) is 0 Å². The standard InChI is InChI=1S/C17H34N2O2/c1-15(2)19(16-10-6-4-7-11-16)17(21)14-18(3)12-8-5-9-13-20/h15-16,20H,4-14H2,1-3H3. The molecule has 1 aliphatic rings. The maximum Gasteiger partial charge on any atom is 0.237 e. The van der Waals surface area contributed by atoms with Crippen molar-refractivity contribution in [3.63, 3.8) is 0 Å². The molecule has 4 heteroatoms. The summed E-state index contributed by atoms with van der Waals surface area (Å²) < 4.78 is 0. The molecule has 0 aromatic rings. The quantitative estimate of drug-likeness (QED) is 0.666. The van der Waals surface area contributed by atoms with Crippen LogP contribution >= 0.6 is 0 Å². The summed E-state index contributed by atoms with van der Waals surface area (Å²) in [5.74, 6) is 0.279. The third-order valence-electron chi connectivity index (χ3n) is 4.42. The Balaban J connectivity index is 2.41. The topological polar surface area (TPSA) is 43.8 Å². The number of aliphatic hydroxyl groups is 1. The van der Waals surface area contributed by atoms with Crippen molar-refractivity contribution < 1.29 is 9.90 Å². The second kappa shape index (κ2) is 10.2. The SMILES string of the molecule is CC(C)N(C(=O)CN(C)CCCCCO)C1CCCCC1. The van der Waals surface area contributed by atoms with E-state index in [2.05, 4.69) is 23.6 Å². The lowest BCUT2D eigenvalue weighted by molar-refractivity contribution is -0.137. The van der Waals surface area contributed by atoms with Crippen LogP contribution in [0.1, 0.15) is 65.2 Å². The van der Waals surface area contributed by atoms with E-state index >= 15 is 0 Å². The van der Waals surface area contributed by atoms with E-state index in [1.54, 1.807) is 0 Å². The molecule has 1 amide bonds. The summed E-state index contributed by atoms with van der Waals surface area (Å²) in [6.45, 7) is 5.99. The largest absolute Gasteiger partial charge is 0.396 e. The summed E-state index contributed by atoms with van der Waals surface area (Å²) in [5.41, 5.74) is 0. The van der Waals surface area contributed by atoms with Crippen molar-refractivity contribution in [1.82, 2.24) is 9.80 Å². The van der Waals surface area contributed by atoms with Crippen LogP contribution in [0, 0.1) is 0 Å². The Hall–Kier alpha value is -0.610. The van der Waals surface area contributed by atoms with Crippen molar-refractivity contribution in [1.29, 1.82) is 0 Å². The van der Waals surface area contributed by atoms with E-state index in [0.29, 0.717) is 18.6 Å². The van der Waals surface area contributed by atoms with E-state index in [-0.39, 0.29) is 12.5 Å². The predicted octanol–water partition coefficient (Wildman–Crippen LogP) is 2.65. The lowest BCUT2D eigenvalue weighted by Crippen LogP contribution is -2.49. The van der Waals surface area contributed by atoms with Crippen molar-refractivity contribution in [2.45, 2.75) is 77.3 Å². The fraction of sp³-hybridized carbons (Fsp3) is 0.941. The zero-order valence-corrected chi connectivity index (χ0v) is 14.2. The summed E-state index contributed by atoms with van der Waals surface area (Å²) in [6, 6.07) is 0.748. The molecule has 0 bridgehead atoms. The molecule has 1 fully saturated rings. The highest BCUT2D eigenvalue weighted by molar-refractivity contribution is 5.78. The lowest BCUT2D eigenvalue weighted by Gasteiger charge is -2.38. The van der Waals surface area contributed by atoms with Crippen LogP contribution < -0.4 is 0 Å². The van der Waals surface area contributed by atoms with E-state index in [1.165, 1.54) is 32.1 Å². The highest BCUT2D eigenvalue weighted by atomic mass is 16.2. The van der Waals surface area contributed by atoms with E-state index in [0.717, 1.165) is 25.8 Å². The molecule has 0 aliphatic heterocycles. The zero-order valence-electron chi connectivity index (χ0n) is 14.2. The number of hydrogen-bond acceptors (Lipinski definition) is 3. The van der Waals surface area contributed by atoms with Crippen molar-refractivity contribution in [3.8, 4) is 0 Å². The first-order valence-corrected chi connectivity index (χ1v) is 8.66. The van der Waals surface area contributed by atoms with Crippen LogP contribution in [-0.4, -0.2) is 59.6 Å². The van der Waals surface area contributed by atoms with Crippen LogP contribution in [0.3, 0.4) is 0 Å². The summed E-state index contributed by atoms with van der Waals surface area (Å²) in [5, 5.41) is 8.78. The lowest BCUT2D eigenvalue weighted by atomic mass is 9.93. The van der Waals surface area contributed by atoms with Gasteiger partial charge in [-0.05, 0) is 59.5 Å².